The van der Waals surface area contributed by atoms with E-state index in [1.165, 1.54) is 6.07 Å². The zero-order valence-corrected chi connectivity index (χ0v) is 11.3. The van der Waals surface area contributed by atoms with E-state index in [0.717, 1.165) is 24.4 Å². The maximum Gasteiger partial charge on any atom is 0.352 e. The Balaban J connectivity index is 2.33. The van der Waals surface area contributed by atoms with Gasteiger partial charge in [0.15, 0.2) is 0 Å². The number of carboxylic acids is 1. The molecule has 0 aliphatic heterocycles. The number of sulfonamides is 1. The van der Waals surface area contributed by atoms with Crippen molar-refractivity contribution in [3.8, 4) is 0 Å². The summed E-state index contributed by atoms with van der Waals surface area (Å²) in [7, 11) is -4.01. The molecule has 0 bridgehead atoms. The topological polar surface area (TPSA) is 99.3 Å². The van der Waals surface area contributed by atoms with Crippen molar-refractivity contribution in [1.29, 1.82) is 0 Å². The maximum absolute atomic E-state index is 12.9. The Kier molecular flexibility index (Phi) is 3.69. The van der Waals surface area contributed by atoms with Gasteiger partial charge in [-0.05, 0) is 24.3 Å². The lowest BCUT2D eigenvalue weighted by molar-refractivity contribution is 0.0691. The van der Waals surface area contributed by atoms with Crippen LogP contribution in [0.1, 0.15) is 10.5 Å². The predicted molar refractivity (Wildman–Crippen MR) is 70.0 cm³/mol. The van der Waals surface area contributed by atoms with Gasteiger partial charge in [0.05, 0.1) is 10.7 Å². The standard InChI is InChI=1S/C11H8ClFN2O4S/c12-8-3-6(13)1-2-9(8)15-20(18,19)7-4-10(11(16)17)14-5-7/h1-5,14-15H,(H,16,17). The van der Waals surface area contributed by atoms with Crippen LogP contribution in [0, 0.1) is 5.82 Å². The third-order valence-electron chi connectivity index (χ3n) is 2.37. The van der Waals surface area contributed by atoms with Crippen LogP contribution in [0.5, 0.6) is 0 Å². The first-order valence-corrected chi connectivity index (χ1v) is 7.05. The van der Waals surface area contributed by atoms with Crippen LogP contribution in [0.2, 0.25) is 5.02 Å². The van der Waals surface area contributed by atoms with Gasteiger partial charge in [0.25, 0.3) is 10.0 Å². The van der Waals surface area contributed by atoms with Gasteiger partial charge in [-0.25, -0.2) is 17.6 Å². The van der Waals surface area contributed by atoms with E-state index >= 15 is 0 Å². The number of nitrogens with one attached hydrogen (secondary N) is 2. The van der Waals surface area contributed by atoms with Crippen molar-refractivity contribution >= 4 is 33.3 Å². The van der Waals surface area contributed by atoms with Crippen LogP contribution in [0.4, 0.5) is 10.1 Å². The van der Waals surface area contributed by atoms with E-state index in [9.17, 15) is 17.6 Å². The first kappa shape index (κ1) is 14.4. The summed E-state index contributed by atoms with van der Waals surface area (Å²) in [6, 6.07) is 4.13. The Hall–Kier alpha value is -2.06. The molecule has 20 heavy (non-hydrogen) atoms. The minimum Gasteiger partial charge on any atom is -0.477 e. The molecule has 0 aliphatic carbocycles. The molecule has 0 atom stereocenters. The summed E-state index contributed by atoms with van der Waals surface area (Å²) in [5.74, 6) is -1.89. The van der Waals surface area contributed by atoms with E-state index in [2.05, 4.69) is 9.71 Å². The number of aromatic amines is 1. The summed E-state index contributed by atoms with van der Waals surface area (Å²) >= 11 is 5.71. The highest BCUT2D eigenvalue weighted by Gasteiger charge is 2.19. The van der Waals surface area contributed by atoms with Crippen molar-refractivity contribution < 1.29 is 22.7 Å². The quantitative estimate of drug-likeness (QED) is 0.805. The zero-order chi connectivity index (χ0) is 14.9. The average molecular weight is 319 g/mol. The molecule has 0 radical (unpaired) electrons. The van der Waals surface area contributed by atoms with Crippen molar-refractivity contribution in [2.75, 3.05) is 4.72 Å². The number of benzene rings is 1. The second kappa shape index (κ2) is 5.14. The van der Waals surface area contributed by atoms with Crippen LogP contribution in [-0.2, 0) is 10.0 Å². The minimum absolute atomic E-state index is 0.00820. The highest BCUT2D eigenvalue weighted by molar-refractivity contribution is 7.92. The monoisotopic (exact) mass is 318 g/mol. The summed E-state index contributed by atoms with van der Waals surface area (Å²) < 4.78 is 39.0. The summed E-state index contributed by atoms with van der Waals surface area (Å²) in [6.07, 6.45) is 1.03. The first-order chi connectivity index (χ1) is 9.29. The minimum atomic E-state index is -4.01. The van der Waals surface area contributed by atoms with Crippen LogP contribution >= 0.6 is 11.6 Å². The van der Waals surface area contributed by atoms with Gasteiger partial charge in [0.1, 0.15) is 16.4 Å². The number of hydrogen-bond acceptors (Lipinski definition) is 3. The Bertz CT molecular complexity index is 772. The fourth-order valence-electron chi connectivity index (χ4n) is 1.43. The van der Waals surface area contributed by atoms with Crippen molar-refractivity contribution in [3.05, 3.63) is 47.0 Å². The summed E-state index contributed by atoms with van der Waals surface area (Å²) in [6.45, 7) is 0. The number of hydrogen-bond donors (Lipinski definition) is 3. The van der Waals surface area contributed by atoms with Crippen LogP contribution in [0.3, 0.4) is 0 Å². The van der Waals surface area contributed by atoms with E-state index in [1.54, 1.807) is 0 Å². The van der Waals surface area contributed by atoms with Gasteiger partial charge in [-0.1, -0.05) is 11.6 Å². The molecular formula is C11H8ClFN2O4S. The highest BCUT2D eigenvalue weighted by atomic mass is 35.5. The van der Waals surface area contributed by atoms with E-state index in [-0.39, 0.29) is 21.3 Å². The van der Waals surface area contributed by atoms with Gasteiger partial charge in [0, 0.05) is 6.20 Å². The number of aromatic nitrogens is 1. The number of carboxylic acid groups (broad SMARTS) is 1. The molecule has 0 unspecified atom stereocenters. The second-order valence-electron chi connectivity index (χ2n) is 3.78. The SMILES string of the molecule is O=C(O)c1cc(S(=O)(=O)Nc2ccc(F)cc2Cl)c[nH]1. The number of H-pyrrole nitrogens is 1. The predicted octanol–water partition coefficient (Wildman–Crippen LogP) is 2.31. The van der Waals surface area contributed by atoms with E-state index in [0.29, 0.717) is 0 Å². The van der Waals surface area contributed by atoms with Crippen molar-refractivity contribution in [2.24, 2.45) is 0 Å². The molecular weight excluding hydrogens is 311 g/mol. The molecule has 1 aromatic heterocycles. The molecule has 9 heteroatoms. The molecule has 0 spiro atoms. The Morgan fingerprint density at radius 3 is 2.60 bits per heavy atom. The average Bonchev–Trinajstić information content (AvgIpc) is 2.83. The number of aromatic carboxylic acids is 1. The van der Waals surface area contributed by atoms with Crippen molar-refractivity contribution in [3.63, 3.8) is 0 Å². The van der Waals surface area contributed by atoms with E-state index in [1.807, 2.05) is 0 Å². The Morgan fingerprint density at radius 1 is 1.35 bits per heavy atom. The molecule has 1 heterocycles. The lowest BCUT2D eigenvalue weighted by Crippen LogP contribution is -2.12. The first-order valence-electron chi connectivity index (χ1n) is 5.19. The molecule has 0 amide bonds. The second-order valence-corrected chi connectivity index (χ2v) is 5.87. The zero-order valence-electron chi connectivity index (χ0n) is 9.72. The van der Waals surface area contributed by atoms with E-state index in [4.69, 9.17) is 16.7 Å². The molecule has 6 nitrogen and oxygen atoms in total. The molecule has 106 valence electrons. The molecule has 0 saturated heterocycles. The molecule has 3 N–H and O–H groups in total. The fourth-order valence-corrected chi connectivity index (χ4v) is 2.77. The van der Waals surface area contributed by atoms with Gasteiger partial charge >= 0.3 is 5.97 Å². The van der Waals surface area contributed by atoms with Crippen LogP contribution in [-0.4, -0.2) is 24.5 Å². The summed E-state index contributed by atoms with van der Waals surface area (Å²) in [4.78, 5) is 12.7. The van der Waals surface area contributed by atoms with Gasteiger partial charge in [0.2, 0.25) is 0 Å². The Labute approximate surface area is 118 Å². The third-order valence-corrected chi connectivity index (χ3v) is 4.03. The number of rotatable bonds is 4. The Morgan fingerprint density at radius 2 is 2.05 bits per heavy atom. The van der Waals surface area contributed by atoms with Gasteiger partial charge < -0.3 is 10.1 Å². The number of halogens is 2. The van der Waals surface area contributed by atoms with Gasteiger partial charge in [-0.2, -0.15) is 0 Å². The van der Waals surface area contributed by atoms with Crippen LogP contribution < -0.4 is 4.72 Å². The van der Waals surface area contributed by atoms with Gasteiger partial charge in [-0.3, -0.25) is 4.72 Å². The van der Waals surface area contributed by atoms with E-state index < -0.39 is 21.8 Å². The molecule has 2 aromatic rings. The molecule has 0 aliphatic rings. The number of carbonyl (C=O) groups is 1. The largest absolute Gasteiger partial charge is 0.477 e. The summed E-state index contributed by atoms with van der Waals surface area (Å²) in [5.41, 5.74) is -0.276. The van der Waals surface area contributed by atoms with Crippen molar-refractivity contribution in [2.45, 2.75) is 4.90 Å². The maximum atomic E-state index is 12.9. The highest BCUT2D eigenvalue weighted by Crippen LogP contribution is 2.25. The lowest BCUT2D eigenvalue weighted by atomic mass is 10.3. The van der Waals surface area contributed by atoms with Crippen LogP contribution in [0.15, 0.2) is 35.4 Å². The van der Waals surface area contributed by atoms with Crippen molar-refractivity contribution in [1.82, 2.24) is 4.98 Å². The van der Waals surface area contributed by atoms with Crippen LogP contribution in [0.25, 0.3) is 0 Å². The van der Waals surface area contributed by atoms with Gasteiger partial charge in [-0.15, -0.1) is 0 Å². The number of anilines is 1. The normalized spacial score (nSPS) is 11.3. The molecule has 0 saturated carbocycles. The lowest BCUT2D eigenvalue weighted by Gasteiger charge is -2.08. The summed E-state index contributed by atoms with van der Waals surface area (Å²) in [5, 5.41) is 8.61. The molecule has 0 fully saturated rings. The third kappa shape index (κ3) is 2.91. The smallest absolute Gasteiger partial charge is 0.352 e. The fraction of sp³-hybridized carbons (Fsp3) is 0. The molecule has 1 aromatic carbocycles. The molecule has 2 rings (SSSR count).